The van der Waals surface area contributed by atoms with Crippen molar-refractivity contribution in [2.45, 2.75) is 50.6 Å². The zero-order valence-corrected chi connectivity index (χ0v) is 14.8. The Kier molecular flexibility index (Phi) is 4.40. The monoisotopic (exact) mass is 341 g/mol. The molecule has 3 aliphatic rings. The second-order valence-electron chi connectivity index (χ2n) is 7.65. The van der Waals surface area contributed by atoms with E-state index in [1.807, 2.05) is 28.0 Å². The lowest BCUT2D eigenvalue weighted by Gasteiger charge is -2.45. The molecule has 5 heteroatoms. The summed E-state index contributed by atoms with van der Waals surface area (Å²) in [7, 11) is 0. The third-order valence-electron chi connectivity index (χ3n) is 6.20. The van der Waals surface area contributed by atoms with Crippen LogP contribution in [0.3, 0.4) is 0 Å². The minimum atomic E-state index is -0.0469. The first-order valence-electron chi connectivity index (χ1n) is 9.56. The highest BCUT2D eigenvalue weighted by Gasteiger charge is 2.47. The Bertz CT molecular complexity index is 632. The van der Waals surface area contributed by atoms with Gasteiger partial charge in [0, 0.05) is 44.7 Å². The lowest BCUT2D eigenvalue weighted by Crippen LogP contribution is -2.55. The van der Waals surface area contributed by atoms with E-state index in [9.17, 15) is 9.59 Å². The van der Waals surface area contributed by atoms with Crippen LogP contribution in [-0.2, 0) is 11.3 Å². The van der Waals surface area contributed by atoms with Gasteiger partial charge < -0.3 is 14.7 Å². The van der Waals surface area contributed by atoms with Crippen molar-refractivity contribution in [3.05, 3.63) is 35.9 Å². The van der Waals surface area contributed by atoms with Gasteiger partial charge in [0.1, 0.15) is 0 Å². The summed E-state index contributed by atoms with van der Waals surface area (Å²) in [4.78, 5) is 31.2. The minimum Gasteiger partial charge on any atom is -0.333 e. The summed E-state index contributed by atoms with van der Waals surface area (Å²) in [6.07, 6.45) is 5.65. The number of hydrogen-bond acceptors (Lipinski definition) is 2. The van der Waals surface area contributed by atoms with Crippen LogP contribution in [-0.4, -0.2) is 58.4 Å². The average molecular weight is 341 g/mol. The van der Waals surface area contributed by atoms with Crippen LogP contribution in [0, 0.1) is 0 Å². The summed E-state index contributed by atoms with van der Waals surface area (Å²) >= 11 is 0. The molecule has 25 heavy (non-hydrogen) atoms. The topological polar surface area (TPSA) is 43.9 Å². The summed E-state index contributed by atoms with van der Waals surface area (Å²) < 4.78 is 0. The van der Waals surface area contributed by atoms with E-state index in [0.717, 1.165) is 58.3 Å². The van der Waals surface area contributed by atoms with Gasteiger partial charge in [0.25, 0.3) is 0 Å². The second kappa shape index (κ2) is 6.70. The molecule has 3 saturated heterocycles. The summed E-state index contributed by atoms with van der Waals surface area (Å²) in [6, 6.07) is 10.4. The number of nitrogens with zero attached hydrogens (tertiary/aromatic N) is 3. The highest BCUT2D eigenvalue weighted by molar-refractivity contribution is 5.80. The van der Waals surface area contributed by atoms with Crippen LogP contribution in [0.2, 0.25) is 0 Å². The van der Waals surface area contributed by atoms with E-state index in [1.54, 1.807) is 0 Å². The molecule has 134 valence electrons. The van der Waals surface area contributed by atoms with Crippen LogP contribution in [0.1, 0.15) is 44.1 Å². The van der Waals surface area contributed by atoms with Crippen molar-refractivity contribution in [2.75, 3.05) is 26.2 Å². The lowest BCUT2D eigenvalue weighted by atomic mass is 9.84. The smallest absolute Gasteiger partial charge is 0.320 e. The molecule has 1 spiro atoms. The fraction of sp³-hybridized carbons (Fsp3) is 0.600. The molecule has 0 atom stereocenters. The molecule has 0 unspecified atom stereocenters. The molecule has 3 aliphatic heterocycles. The van der Waals surface area contributed by atoms with Crippen molar-refractivity contribution < 1.29 is 9.59 Å². The lowest BCUT2D eigenvalue weighted by molar-refractivity contribution is -0.133. The van der Waals surface area contributed by atoms with Gasteiger partial charge in [-0.05, 0) is 37.7 Å². The van der Waals surface area contributed by atoms with Crippen LogP contribution in [0.4, 0.5) is 4.79 Å². The Morgan fingerprint density at radius 1 is 0.920 bits per heavy atom. The van der Waals surface area contributed by atoms with Crippen molar-refractivity contribution in [1.82, 2.24) is 14.7 Å². The second-order valence-corrected chi connectivity index (χ2v) is 7.65. The molecule has 1 aromatic rings. The maximum absolute atomic E-state index is 12.6. The number of urea groups is 1. The Hall–Kier alpha value is -2.04. The molecule has 0 aliphatic carbocycles. The number of carbonyl (C=O) groups excluding carboxylic acids is 2. The summed E-state index contributed by atoms with van der Waals surface area (Å²) in [5, 5.41) is 0. The van der Waals surface area contributed by atoms with Crippen LogP contribution in [0.15, 0.2) is 30.3 Å². The van der Waals surface area contributed by atoms with E-state index in [4.69, 9.17) is 0 Å². The first-order valence-corrected chi connectivity index (χ1v) is 9.56. The Morgan fingerprint density at radius 3 is 2.24 bits per heavy atom. The van der Waals surface area contributed by atoms with Gasteiger partial charge in [0.05, 0.1) is 0 Å². The zero-order chi connectivity index (χ0) is 17.3. The van der Waals surface area contributed by atoms with Crippen LogP contribution >= 0.6 is 0 Å². The molecule has 1 aromatic carbocycles. The predicted molar refractivity (Wildman–Crippen MR) is 96.0 cm³/mol. The number of likely N-dealkylation sites (tertiary alicyclic amines) is 3. The maximum Gasteiger partial charge on any atom is 0.320 e. The molecule has 0 radical (unpaired) electrons. The molecular formula is C20H27N3O2. The van der Waals surface area contributed by atoms with Crippen LogP contribution in [0.5, 0.6) is 0 Å². The highest BCUT2D eigenvalue weighted by atomic mass is 16.2. The summed E-state index contributed by atoms with van der Waals surface area (Å²) in [5.41, 5.74) is 1.14. The van der Waals surface area contributed by atoms with Crippen molar-refractivity contribution in [3.8, 4) is 0 Å². The molecule has 3 amide bonds. The van der Waals surface area contributed by atoms with Crippen molar-refractivity contribution >= 4 is 11.9 Å². The highest BCUT2D eigenvalue weighted by Crippen LogP contribution is 2.40. The molecule has 5 nitrogen and oxygen atoms in total. The zero-order valence-electron chi connectivity index (χ0n) is 14.8. The van der Waals surface area contributed by atoms with Crippen LogP contribution in [0.25, 0.3) is 0 Å². The van der Waals surface area contributed by atoms with E-state index in [1.165, 1.54) is 5.56 Å². The number of benzene rings is 1. The van der Waals surface area contributed by atoms with Gasteiger partial charge in [-0.15, -0.1) is 0 Å². The number of amides is 3. The maximum atomic E-state index is 12.6. The van der Waals surface area contributed by atoms with Crippen molar-refractivity contribution in [1.29, 1.82) is 0 Å². The fourth-order valence-corrected chi connectivity index (χ4v) is 4.64. The molecule has 4 rings (SSSR count). The van der Waals surface area contributed by atoms with Gasteiger partial charge in [-0.2, -0.15) is 0 Å². The summed E-state index contributed by atoms with van der Waals surface area (Å²) in [6.45, 7) is 4.04. The van der Waals surface area contributed by atoms with Gasteiger partial charge in [-0.25, -0.2) is 4.79 Å². The molecule has 0 saturated carbocycles. The number of carbonyl (C=O) groups is 2. The number of rotatable bonds is 2. The number of hydrogen-bond donors (Lipinski definition) is 0. The van der Waals surface area contributed by atoms with E-state index >= 15 is 0 Å². The summed E-state index contributed by atoms with van der Waals surface area (Å²) in [5.74, 6) is 0.267. The Morgan fingerprint density at radius 2 is 1.56 bits per heavy atom. The molecular weight excluding hydrogens is 314 g/mol. The van der Waals surface area contributed by atoms with Crippen molar-refractivity contribution in [2.24, 2.45) is 0 Å². The largest absolute Gasteiger partial charge is 0.333 e. The van der Waals surface area contributed by atoms with E-state index in [0.29, 0.717) is 13.0 Å². The predicted octanol–water partition coefficient (Wildman–Crippen LogP) is 2.86. The van der Waals surface area contributed by atoms with Crippen molar-refractivity contribution in [3.63, 3.8) is 0 Å². The standard InChI is InChI=1S/C20H27N3O2/c24-18-8-9-20(23(18)16-17-6-2-1-3-7-17)10-14-22(15-11-20)19(25)21-12-4-5-13-21/h1-3,6-7H,4-5,8-16H2. The SMILES string of the molecule is O=C(N1CCCC1)N1CCC2(CCC(=O)N2Cc2ccccc2)CC1. The van der Waals surface area contributed by atoms with E-state index < -0.39 is 0 Å². The third-order valence-corrected chi connectivity index (χ3v) is 6.20. The first kappa shape index (κ1) is 16.4. The quantitative estimate of drug-likeness (QED) is 0.830. The Balaban J connectivity index is 1.43. The normalized spacial score (nSPS) is 22.9. The van der Waals surface area contributed by atoms with E-state index in [-0.39, 0.29) is 17.5 Å². The number of piperidine rings is 1. The van der Waals surface area contributed by atoms with Gasteiger partial charge in [0.15, 0.2) is 0 Å². The molecule has 0 N–H and O–H groups in total. The van der Waals surface area contributed by atoms with Gasteiger partial charge in [-0.3, -0.25) is 4.79 Å². The van der Waals surface area contributed by atoms with E-state index in [2.05, 4.69) is 17.0 Å². The third kappa shape index (κ3) is 3.12. The van der Waals surface area contributed by atoms with Gasteiger partial charge >= 0.3 is 6.03 Å². The van der Waals surface area contributed by atoms with Gasteiger partial charge in [0.2, 0.25) is 5.91 Å². The minimum absolute atomic E-state index is 0.0469. The molecule has 3 heterocycles. The average Bonchev–Trinajstić information content (AvgIpc) is 3.28. The van der Waals surface area contributed by atoms with Gasteiger partial charge in [-0.1, -0.05) is 30.3 Å². The molecule has 0 aromatic heterocycles. The molecule has 0 bridgehead atoms. The molecule has 3 fully saturated rings. The Labute approximate surface area is 149 Å². The fourth-order valence-electron chi connectivity index (χ4n) is 4.64. The first-order chi connectivity index (χ1) is 12.2. The van der Waals surface area contributed by atoms with Crippen LogP contribution < -0.4 is 0 Å².